The third-order valence-electron chi connectivity index (χ3n) is 4.44. The minimum absolute atomic E-state index is 0.412. The molecule has 1 aromatic rings. The molecule has 3 unspecified atom stereocenters. The summed E-state index contributed by atoms with van der Waals surface area (Å²) >= 11 is 0. The van der Waals surface area contributed by atoms with Crippen molar-refractivity contribution in [3.8, 4) is 5.75 Å². The summed E-state index contributed by atoms with van der Waals surface area (Å²) in [6.07, 6.45) is 4.06. The highest BCUT2D eigenvalue weighted by atomic mass is 16.5. The number of rotatable bonds is 6. The first-order valence-corrected chi connectivity index (χ1v) is 7.73. The van der Waals surface area contributed by atoms with Gasteiger partial charge in [0.15, 0.2) is 0 Å². The quantitative estimate of drug-likeness (QED) is 0.811. The fourth-order valence-electron chi connectivity index (χ4n) is 2.83. The Balaban J connectivity index is 1.69. The van der Waals surface area contributed by atoms with Gasteiger partial charge in [-0.2, -0.15) is 0 Å². The Hall–Kier alpha value is -1.06. The second-order valence-electron chi connectivity index (χ2n) is 5.92. The number of nitrogens with two attached hydrogens (primary N) is 1. The Morgan fingerprint density at radius 3 is 2.65 bits per heavy atom. The van der Waals surface area contributed by atoms with E-state index in [4.69, 9.17) is 15.2 Å². The summed E-state index contributed by atoms with van der Waals surface area (Å²) in [6.45, 7) is 6.43. The van der Waals surface area contributed by atoms with Crippen LogP contribution in [0.15, 0.2) is 24.3 Å². The third-order valence-corrected chi connectivity index (χ3v) is 4.44. The molecule has 2 N–H and O–H groups in total. The number of ether oxygens (including phenoxy) is 2. The lowest BCUT2D eigenvalue weighted by molar-refractivity contribution is -0.00917. The van der Waals surface area contributed by atoms with Gasteiger partial charge >= 0.3 is 0 Å². The standard InChI is InChI=1S/C17H27NO2/c1-13-7-8-16(11-14(13)2)19-9-10-20-17-6-4-3-5-15(17)12-18/h3-6,13-14,16H,7-12,18H2,1-2H3. The Labute approximate surface area is 122 Å². The van der Waals surface area contributed by atoms with E-state index in [2.05, 4.69) is 13.8 Å². The molecular formula is C17H27NO2. The predicted octanol–water partition coefficient (Wildman–Crippen LogP) is 3.37. The van der Waals surface area contributed by atoms with Crippen LogP contribution in [0.3, 0.4) is 0 Å². The van der Waals surface area contributed by atoms with Gasteiger partial charge in [0, 0.05) is 12.1 Å². The Kier molecular flexibility index (Phi) is 5.86. The summed E-state index contributed by atoms with van der Waals surface area (Å²) in [4.78, 5) is 0. The zero-order valence-electron chi connectivity index (χ0n) is 12.7. The normalized spacial score (nSPS) is 26.4. The minimum atomic E-state index is 0.412. The molecule has 0 aromatic heterocycles. The molecule has 0 spiro atoms. The molecule has 2 rings (SSSR count). The lowest BCUT2D eigenvalue weighted by Crippen LogP contribution is -2.28. The highest BCUT2D eigenvalue weighted by molar-refractivity contribution is 5.32. The maximum atomic E-state index is 5.94. The molecule has 3 heteroatoms. The summed E-state index contributed by atoms with van der Waals surface area (Å²) in [6, 6.07) is 7.92. The zero-order valence-corrected chi connectivity index (χ0v) is 12.7. The van der Waals surface area contributed by atoms with Crippen LogP contribution in [0.1, 0.15) is 38.7 Å². The molecule has 20 heavy (non-hydrogen) atoms. The number of hydrogen-bond donors (Lipinski definition) is 1. The van der Waals surface area contributed by atoms with Crippen LogP contribution in [0.4, 0.5) is 0 Å². The van der Waals surface area contributed by atoms with Gasteiger partial charge < -0.3 is 15.2 Å². The second-order valence-corrected chi connectivity index (χ2v) is 5.92. The van der Waals surface area contributed by atoms with Gasteiger partial charge in [0.25, 0.3) is 0 Å². The predicted molar refractivity (Wildman–Crippen MR) is 81.7 cm³/mol. The first-order valence-electron chi connectivity index (χ1n) is 7.73. The molecule has 1 aliphatic rings. The van der Waals surface area contributed by atoms with Gasteiger partial charge in [-0.05, 0) is 37.2 Å². The van der Waals surface area contributed by atoms with Gasteiger partial charge in [0.05, 0.1) is 12.7 Å². The fourth-order valence-corrected chi connectivity index (χ4v) is 2.83. The van der Waals surface area contributed by atoms with Crippen LogP contribution in [-0.4, -0.2) is 19.3 Å². The maximum absolute atomic E-state index is 5.94. The molecule has 0 radical (unpaired) electrons. The topological polar surface area (TPSA) is 44.5 Å². The van der Waals surface area contributed by atoms with E-state index in [1.165, 1.54) is 19.3 Å². The van der Waals surface area contributed by atoms with Gasteiger partial charge in [0.2, 0.25) is 0 Å². The summed E-state index contributed by atoms with van der Waals surface area (Å²) in [5.41, 5.74) is 6.74. The van der Waals surface area contributed by atoms with Crippen LogP contribution in [0, 0.1) is 11.8 Å². The Morgan fingerprint density at radius 2 is 1.90 bits per heavy atom. The molecule has 1 saturated carbocycles. The SMILES string of the molecule is CC1CCC(OCCOc2ccccc2CN)CC1C. The molecule has 1 aliphatic carbocycles. The number of para-hydroxylation sites is 1. The van der Waals surface area contributed by atoms with Crippen molar-refractivity contribution in [3.63, 3.8) is 0 Å². The molecule has 3 atom stereocenters. The summed E-state index contributed by atoms with van der Waals surface area (Å²) in [5, 5.41) is 0. The van der Waals surface area contributed by atoms with Crippen molar-refractivity contribution in [3.05, 3.63) is 29.8 Å². The van der Waals surface area contributed by atoms with Gasteiger partial charge in [0.1, 0.15) is 12.4 Å². The fraction of sp³-hybridized carbons (Fsp3) is 0.647. The van der Waals surface area contributed by atoms with E-state index in [1.54, 1.807) is 0 Å². The van der Waals surface area contributed by atoms with E-state index >= 15 is 0 Å². The van der Waals surface area contributed by atoms with Crippen LogP contribution in [-0.2, 0) is 11.3 Å². The van der Waals surface area contributed by atoms with Gasteiger partial charge in [-0.25, -0.2) is 0 Å². The highest BCUT2D eigenvalue weighted by Crippen LogP contribution is 2.30. The largest absolute Gasteiger partial charge is 0.491 e. The maximum Gasteiger partial charge on any atom is 0.123 e. The first kappa shape index (κ1) is 15.3. The first-order chi connectivity index (χ1) is 9.70. The van der Waals surface area contributed by atoms with Crippen LogP contribution in [0.25, 0.3) is 0 Å². The van der Waals surface area contributed by atoms with E-state index in [-0.39, 0.29) is 0 Å². The van der Waals surface area contributed by atoms with Crippen molar-refractivity contribution in [1.82, 2.24) is 0 Å². The zero-order chi connectivity index (χ0) is 14.4. The van der Waals surface area contributed by atoms with Gasteiger partial charge in [-0.1, -0.05) is 32.0 Å². The molecule has 3 nitrogen and oxygen atoms in total. The lowest BCUT2D eigenvalue weighted by Gasteiger charge is -2.31. The molecule has 1 fully saturated rings. The number of hydrogen-bond acceptors (Lipinski definition) is 3. The molecular weight excluding hydrogens is 250 g/mol. The molecule has 0 heterocycles. The Bertz CT molecular complexity index is 408. The highest BCUT2D eigenvalue weighted by Gasteiger charge is 2.24. The van der Waals surface area contributed by atoms with Crippen molar-refractivity contribution < 1.29 is 9.47 Å². The van der Waals surface area contributed by atoms with Crippen molar-refractivity contribution in [2.45, 2.75) is 45.8 Å². The minimum Gasteiger partial charge on any atom is -0.491 e. The summed E-state index contributed by atoms with van der Waals surface area (Å²) in [5.74, 6) is 2.49. The summed E-state index contributed by atoms with van der Waals surface area (Å²) < 4.78 is 11.7. The van der Waals surface area contributed by atoms with Crippen LogP contribution >= 0.6 is 0 Å². The van der Waals surface area contributed by atoms with Crippen molar-refractivity contribution in [2.24, 2.45) is 17.6 Å². The summed E-state index contributed by atoms with van der Waals surface area (Å²) in [7, 11) is 0. The van der Waals surface area contributed by atoms with E-state index in [9.17, 15) is 0 Å². The molecule has 112 valence electrons. The molecule has 0 bridgehead atoms. The Morgan fingerprint density at radius 1 is 1.10 bits per heavy atom. The average molecular weight is 277 g/mol. The lowest BCUT2D eigenvalue weighted by atomic mass is 9.80. The van der Waals surface area contributed by atoms with E-state index in [0.717, 1.165) is 23.1 Å². The van der Waals surface area contributed by atoms with E-state index in [1.807, 2.05) is 24.3 Å². The van der Waals surface area contributed by atoms with Gasteiger partial charge in [-0.15, -0.1) is 0 Å². The average Bonchev–Trinajstić information content (AvgIpc) is 2.47. The van der Waals surface area contributed by atoms with Crippen molar-refractivity contribution in [2.75, 3.05) is 13.2 Å². The molecule has 1 aromatic carbocycles. The van der Waals surface area contributed by atoms with E-state index < -0.39 is 0 Å². The van der Waals surface area contributed by atoms with Crippen molar-refractivity contribution >= 4 is 0 Å². The molecule has 0 amide bonds. The molecule has 0 saturated heterocycles. The number of benzene rings is 1. The van der Waals surface area contributed by atoms with Crippen molar-refractivity contribution in [1.29, 1.82) is 0 Å². The van der Waals surface area contributed by atoms with Crippen LogP contribution in [0.2, 0.25) is 0 Å². The van der Waals surface area contributed by atoms with Crippen LogP contribution < -0.4 is 10.5 Å². The van der Waals surface area contributed by atoms with E-state index in [0.29, 0.717) is 25.9 Å². The second kappa shape index (κ2) is 7.65. The smallest absolute Gasteiger partial charge is 0.123 e. The monoisotopic (exact) mass is 277 g/mol. The van der Waals surface area contributed by atoms with Gasteiger partial charge in [-0.3, -0.25) is 0 Å². The third kappa shape index (κ3) is 4.22. The molecule has 0 aliphatic heterocycles. The van der Waals surface area contributed by atoms with Crippen LogP contribution in [0.5, 0.6) is 5.75 Å².